The summed E-state index contributed by atoms with van der Waals surface area (Å²) in [7, 11) is -4.00. The van der Waals surface area contributed by atoms with E-state index in [0.717, 1.165) is 41.8 Å². The van der Waals surface area contributed by atoms with Crippen molar-refractivity contribution in [1.82, 2.24) is 10.2 Å². The number of benzene rings is 3. The molecule has 0 aliphatic heterocycles. The van der Waals surface area contributed by atoms with Gasteiger partial charge in [0.1, 0.15) is 18.4 Å². The average molecular weight is 621 g/mol. The van der Waals surface area contributed by atoms with Crippen LogP contribution in [0.5, 0.6) is 0 Å². The van der Waals surface area contributed by atoms with Gasteiger partial charge in [-0.3, -0.25) is 13.9 Å². The Morgan fingerprint density at radius 2 is 1.63 bits per heavy atom. The first-order valence-electron chi connectivity index (χ1n) is 13.3. The summed E-state index contributed by atoms with van der Waals surface area (Å²) in [5, 5.41) is 3.44. The molecular weight excluding hydrogens is 588 g/mol. The Morgan fingerprint density at radius 1 is 0.976 bits per heavy atom. The fourth-order valence-electron chi connectivity index (χ4n) is 4.98. The number of rotatable bonds is 11. The van der Waals surface area contributed by atoms with Gasteiger partial charge in [-0.15, -0.1) is 0 Å². The second kappa shape index (κ2) is 13.7. The monoisotopic (exact) mass is 619 g/mol. The number of carbonyl (C=O) groups excluding carboxylic acids is 2. The van der Waals surface area contributed by atoms with Gasteiger partial charge in [-0.25, -0.2) is 12.8 Å². The van der Waals surface area contributed by atoms with Crippen molar-refractivity contribution in [2.24, 2.45) is 0 Å². The van der Waals surface area contributed by atoms with E-state index in [9.17, 15) is 22.4 Å². The zero-order valence-electron chi connectivity index (χ0n) is 22.6. The fourth-order valence-corrected chi connectivity index (χ4v) is 6.27. The molecule has 0 heterocycles. The van der Waals surface area contributed by atoms with Crippen molar-refractivity contribution in [3.63, 3.8) is 0 Å². The summed E-state index contributed by atoms with van der Waals surface area (Å²) in [6.45, 7) is -0.669. The second-order valence-electron chi connectivity index (χ2n) is 10.2. The van der Waals surface area contributed by atoms with E-state index < -0.39 is 34.3 Å². The number of anilines is 1. The minimum absolute atomic E-state index is 0.00123. The molecule has 7 nitrogen and oxygen atoms in total. The lowest BCUT2D eigenvalue weighted by molar-refractivity contribution is -0.140. The number of sulfonamides is 1. The van der Waals surface area contributed by atoms with E-state index in [2.05, 4.69) is 5.32 Å². The molecule has 3 aromatic rings. The number of hydrogen-bond donors (Lipinski definition) is 1. The van der Waals surface area contributed by atoms with Gasteiger partial charge in [0.05, 0.1) is 17.0 Å². The Kier molecular flexibility index (Phi) is 10.3. The van der Waals surface area contributed by atoms with Crippen LogP contribution in [0.4, 0.5) is 10.1 Å². The fraction of sp³-hybridized carbons (Fsp3) is 0.333. The van der Waals surface area contributed by atoms with Crippen LogP contribution in [0.1, 0.15) is 36.8 Å². The maximum Gasteiger partial charge on any atom is 0.244 e. The van der Waals surface area contributed by atoms with Gasteiger partial charge in [-0.2, -0.15) is 0 Å². The van der Waals surface area contributed by atoms with Gasteiger partial charge in [0.15, 0.2) is 0 Å². The van der Waals surface area contributed by atoms with Crippen LogP contribution < -0.4 is 9.62 Å². The molecule has 0 saturated heterocycles. The van der Waals surface area contributed by atoms with Crippen LogP contribution in [0.25, 0.3) is 0 Å². The summed E-state index contributed by atoms with van der Waals surface area (Å²) in [5.74, 6) is -1.40. The van der Waals surface area contributed by atoms with Crippen LogP contribution in [0.2, 0.25) is 10.0 Å². The summed E-state index contributed by atoms with van der Waals surface area (Å²) in [4.78, 5) is 29.3. The largest absolute Gasteiger partial charge is 0.352 e. The molecule has 1 atom stereocenters. The first-order chi connectivity index (χ1) is 19.5. The molecule has 1 unspecified atom stereocenters. The Labute approximate surface area is 250 Å². The van der Waals surface area contributed by atoms with Gasteiger partial charge in [-0.1, -0.05) is 78.5 Å². The smallest absolute Gasteiger partial charge is 0.244 e. The molecule has 1 saturated carbocycles. The Balaban J connectivity index is 1.74. The van der Waals surface area contributed by atoms with E-state index >= 15 is 0 Å². The highest BCUT2D eigenvalue weighted by atomic mass is 35.5. The van der Waals surface area contributed by atoms with Crippen molar-refractivity contribution in [2.75, 3.05) is 17.1 Å². The molecule has 1 aliphatic carbocycles. The van der Waals surface area contributed by atoms with Crippen molar-refractivity contribution in [3.8, 4) is 0 Å². The third-order valence-electron chi connectivity index (χ3n) is 7.09. The van der Waals surface area contributed by atoms with E-state index in [1.54, 1.807) is 0 Å². The summed E-state index contributed by atoms with van der Waals surface area (Å²) < 4.78 is 40.4. The lowest BCUT2D eigenvalue weighted by atomic mass is 10.0. The first kappa shape index (κ1) is 30.8. The van der Waals surface area contributed by atoms with Crippen molar-refractivity contribution >= 4 is 50.7 Å². The van der Waals surface area contributed by atoms with Crippen LogP contribution in [0, 0.1) is 5.82 Å². The SMILES string of the molecule is CS(=O)(=O)N(CC(=O)N(Cc1ccc(F)cc1)C(Cc1ccccc1)C(=O)NC1CCCC1)c1cc(Cl)ccc1Cl. The average Bonchev–Trinajstić information content (AvgIpc) is 3.44. The molecule has 1 aliphatic rings. The number of halogens is 3. The van der Waals surface area contributed by atoms with Gasteiger partial charge >= 0.3 is 0 Å². The maximum atomic E-state index is 14.1. The van der Waals surface area contributed by atoms with Gasteiger partial charge in [-0.05, 0) is 54.3 Å². The quantitative estimate of drug-likeness (QED) is 0.303. The maximum absolute atomic E-state index is 14.1. The lowest BCUT2D eigenvalue weighted by Crippen LogP contribution is -2.54. The van der Waals surface area contributed by atoms with Gasteiger partial charge in [0.2, 0.25) is 21.8 Å². The number of carbonyl (C=O) groups is 2. The molecule has 1 fully saturated rings. The molecule has 0 aromatic heterocycles. The molecule has 11 heteroatoms. The van der Waals surface area contributed by atoms with Gasteiger partial charge in [0, 0.05) is 24.0 Å². The van der Waals surface area contributed by atoms with Crippen LogP contribution in [-0.2, 0) is 32.6 Å². The molecule has 0 bridgehead atoms. The minimum Gasteiger partial charge on any atom is -0.352 e. The lowest BCUT2D eigenvalue weighted by Gasteiger charge is -2.34. The van der Waals surface area contributed by atoms with Crippen molar-refractivity contribution in [1.29, 1.82) is 0 Å². The highest BCUT2D eigenvalue weighted by Crippen LogP contribution is 2.31. The molecule has 0 spiro atoms. The molecule has 3 aromatic carbocycles. The second-order valence-corrected chi connectivity index (χ2v) is 13.0. The van der Waals surface area contributed by atoms with Gasteiger partial charge < -0.3 is 10.2 Å². The summed E-state index contributed by atoms with van der Waals surface area (Å²) in [5.41, 5.74) is 1.46. The van der Waals surface area contributed by atoms with E-state index in [1.165, 1.54) is 47.4 Å². The van der Waals surface area contributed by atoms with Crippen molar-refractivity contribution in [3.05, 3.63) is 99.8 Å². The van der Waals surface area contributed by atoms with Gasteiger partial charge in [0.25, 0.3) is 0 Å². The Morgan fingerprint density at radius 3 is 2.27 bits per heavy atom. The molecule has 41 heavy (non-hydrogen) atoms. The summed E-state index contributed by atoms with van der Waals surface area (Å²) in [6.07, 6.45) is 4.89. The molecule has 1 N–H and O–H groups in total. The number of nitrogens with one attached hydrogen (secondary N) is 1. The number of nitrogens with zero attached hydrogens (tertiary/aromatic N) is 2. The molecule has 4 rings (SSSR count). The van der Waals surface area contributed by atoms with Crippen molar-refractivity contribution < 1.29 is 22.4 Å². The third-order valence-corrected chi connectivity index (χ3v) is 8.78. The summed E-state index contributed by atoms with van der Waals surface area (Å²) >= 11 is 12.5. The molecule has 218 valence electrons. The summed E-state index contributed by atoms with van der Waals surface area (Å²) in [6, 6.07) is 18.3. The number of amides is 2. The predicted molar refractivity (Wildman–Crippen MR) is 160 cm³/mol. The highest BCUT2D eigenvalue weighted by Gasteiger charge is 2.34. The van der Waals surface area contributed by atoms with Crippen LogP contribution in [0.15, 0.2) is 72.8 Å². The molecular formula is C30H32Cl2FN3O4S. The third kappa shape index (κ3) is 8.44. The topological polar surface area (TPSA) is 86.8 Å². The van der Waals surface area contributed by atoms with E-state index in [0.29, 0.717) is 5.56 Å². The zero-order valence-corrected chi connectivity index (χ0v) is 24.9. The predicted octanol–water partition coefficient (Wildman–Crippen LogP) is 5.60. The van der Waals surface area contributed by atoms with E-state index in [1.807, 2.05) is 30.3 Å². The zero-order chi connectivity index (χ0) is 29.6. The minimum atomic E-state index is -4.00. The standard InChI is InChI=1S/C30H32Cl2FN3O4S/c1-41(39,40)36(27-18-23(31)13-16-26(27)32)20-29(37)35(19-22-11-14-24(33)15-12-22)28(17-21-7-3-2-4-8-21)30(38)34-25-9-5-6-10-25/h2-4,7-8,11-16,18,25,28H,5-6,9-10,17,19-20H2,1H3,(H,34,38). The number of hydrogen-bond acceptors (Lipinski definition) is 4. The van der Waals surface area contributed by atoms with Crippen LogP contribution in [0.3, 0.4) is 0 Å². The molecule has 2 amide bonds. The Bertz CT molecular complexity index is 1470. The molecule has 0 radical (unpaired) electrons. The van der Waals surface area contributed by atoms with E-state index in [4.69, 9.17) is 23.2 Å². The van der Waals surface area contributed by atoms with Crippen LogP contribution in [-0.4, -0.2) is 50.0 Å². The van der Waals surface area contributed by atoms with Crippen LogP contribution >= 0.6 is 23.2 Å². The Hall–Kier alpha value is -3.14. The first-order valence-corrected chi connectivity index (χ1v) is 15.9. The van der Waals surface area contributed by atoms with Crippen molar-refractivity contribution in [2.45, 2.75) is 50.7 Å². The normalized spacial score (nSPS) is 14.4. The van der Waals surface area contributed by atoms with E-state index in [-0.39, 0.29) is 40.6 Å². The highest BCUT2D eigenvalue weighted by molar-refractivity contribution is 7.92.